The third kappa shape index (κ3) is 13.0. The standard InChI is InChI=1S/C23H32O3.C11H14.C3H8/c1-5-8-18(20(6-2)21(25)11-16(4)24)12-17-13-19-10-7-9-15(3)23(19)22(26)14-17;1-11-9-7-5-3-2-4-6-8-10-11;1-3-2/h7,9-10,17-18,20H,5-6,8,11-14H2,1-4H3;2-5,8-10H,6-7H2,1H3;3H2,1-2H3/b;4-2-,5-3-,10-8?,11-9?;. The van der Waals surface area contributed by atoms with E-state index in [4.69, 9.17) is 0 Å². The van der Waals surface area contributed by atoms with Crippen molar-refractivity contribution in [2.45, 2.75) is 113 Å². The van der Waals surface area contributed by atoms with Crippen LogP contribution in [0.4, 0.5) is 0 Å². The van der Waals surface area contributed by atoms with Gasteiger partial charge >= 0.3 is 0 Å². The largest absolute Gasteiger partial charge is 0.300 e. The third-order valence-electron chi connectivity index (χ3n) is 7.37. The van der Waals surface area contributed by atoms with Gasteiger partial charge in [0.1, 0.15) is 11.6 Å². The molecule has 3 nitrogen and oxygen atoms in total. The van der Waals surface area contributed by atoms with Crippen molar-refractivity contribution >= 4 is 17.3 Å². The lowest BCUT2D eigenvalue weighted by molar-refractivity contribution is -0.129. The van der Waals surface area contributed by atoms with Gasteiger partial charge in [0.2, 0.25) is 0 Å². The van der Waals surface area contributed by atoms with Crippen LogP contribution in [0.3, 0.4) is 0 Å². The number of benzene rings is 1. The predicted molar refractivity (Wildman–Crippen MR) is 171 cm³/mol. The Morgan fingerprint density at radius 1 is 0.950 bits per heavy atom. The highest BCUT2D eigenvalue weighted by atomic mass is 16.1. The highest BCUT2D eigenvalue weighted by molar-refractivity contribution is 6.00. The van der Waals surface area contributed by atoms with Crippen molar-refractivity contribution in [2.24, 2.45) is 17.8 Å². The number of hydrogen-bond acceptors (Lipinski definition) is 3. The van der Waals surface area contributed by atoms with Crippen molar-refractivity contribution in [1.29, 1.82) is 0 Å². The second kappa shape index (κ2) is 20.1. The van der Waals surface area contributed by atoms with Gasteiger partial charge < -0.3 is 0 Å². The minimum Gasteiger partial charge on any atom is -0.300 e. The van der Waals surface area contributed by atoms with Crippen LogP contribution >= 0.6 is 0 Å². The topological polar surface area (TPSA) is 51.2 Å². The van der Waals surface area contributed by atoms with Gasteiger partial charge in [-0.2, -0.15) is 0 Å². The van der Waals surface area contributed by atoms with Gasteiger partial charge in [0.25, 0.3) is 0 Å². The number of carbonyl (C=O) groups is 3. The van der Waals surface area contributed by atoms with Crippen molar-refractivity contribution in [3.05, 3.63) is 83.0 Å². The SMILES string of the molecule is CC1=CC/C=C\C=C/CC=C1.CCC.CCCC(CC1CC(=O)c2c(C)cccc2C1)C(CC)C(=O)CC(C)=O. The van der Waals surface area contributed by atoms with E-state index in [-0.39, 0.29) is 35.6 Å². The van der Waals surface area contributed by atoms with Crippen LogP contribution in [0.5, 0.6) is 0 Å². The molecule has 3 unspecified atom stereocenters. The summed E-state index contributed by atoms with van der Waals surface area (Å²) < 4.78 is 0. The molecule has 1 aromatic rings. The number of aryl methyl sites for hydroxylation is 1. The van der Waals surface area contributed by atoms with Crippen LogP contribution in [0.1, 0.15) is 121 Å². The molecular weight excluding hydrogens is 492 g/mol. The van der Waals surface area contributed by atoms with Crippen LogP contribution in [0.15, 0.2) is 66.3 Å². The third-order valence-corrected chi connectivity index (χ3v) is 7.37. The Morgan fingerprint density at radius 3 is 2.25 bits per heavy atom. The molecule has 0 spiro atoms. The molecule has 0 heterocycles. The van der Waals surface area contributed by atoms with E-state index in [9.17, 15) is 14.4 Å². The molecule has 2 aliphatic rings. The highest BCUT2D eigenvalue weighted by Gasteiger charge is 2.32. The number of hydrogen-bond donors (Lipinski definition) is 0. The Balaban J connectivity index is 0.000000472. The van der Waals surface area contributed by atoms with Gasteiger partial charge in [-0.05, 0) is 75.8 Å². The fourth-order valence-corrected chi connectivity index (χ4v) is 5.66. The Hall–Kier alpha value is -2.81. The minimum absolute atomic E-state index is 0.0460. The minimum atomic E-state index is -0.0622. The summed E-state index contributed by atoms with van der Waals surface area (Å²) in [6.07, 6.45) is 23.6. The number of carbonyl (C=O) groups excluding carboxylic acids is 3. The summed E-state index contributed by atoms with van der Waals surface area (Å²) in [7, 11) is 0. The molecule has 40 heavy (non-hydrogen) atoms. The number of allylic oxidation sites excluding steroid dienone is 8. The summed E-state index contributed by atoms with van der Waals surface area (Å²) in [5.74, 6) is 0.770. The first-order valence-corrected chi connectivity index (χ1v) is 15.5. The zero-order valence-electron chi connectivity index (χ0n) is 26.3. The van der Waals surface area contributed by atoms with Crippen LogP contribution in [0.2, 0.25) is 0 Å². The molecule has 3 heteroatoms. The van der Waals surface area contributed by atoms with Crippen LogP contribution in [0, 0.1) is 24.7 Å². The van der Waals surface area contributed by atoms with E-state index in [0.29, 0.717) is 12.3 Å². The lowest BCUT2D eigenvalue weighted by Crippen LogP contribution is -2.29. The van der Waals surface area contributed by atoms with Gasteiger partial charge in [-0.15, -0.1) is 0 Å². The lowest BCUT2D eigenvalue weighted by atomic mass is 9.72. The van der Waals surface area contributed by atoms with Gasteiger partial charge in [-0.25, -0.2) is 0 Å². The van der Waals surface area contributed by atoms with Crippen LogP contribution in [-0.2, 0) is 16.0 Å². The summed E-state index contributed by atoms with van der Waals surface area (Å²) in [5.41, 5.74) is 4.49. The normalized spacial score (nSPS) is 19.3. The molecule has 0 saturated carbocycles. The van der Waals surface area contributed by atoms with E-state index < -0.39 is 0 Å². The van der Waals surface area contributed by atoms with Gasteiger partial charge in [0.05, 0.1) is 6.42 Å². The number of rotatable bonds is 9. The van der Waals surface area contributed by atoms with Gasteiger partial charge in [0.15, 0.2) is 5.78 Å². The number of fused-ring (bicyclic) bond motifs is 1. The Bertz CT molecular complexity index is 1050. The average molecular weight is 547 g/mol. The Kier molecular flexibility index (Phi) is 17.7. The summed E-state index contributed by atoms with van der Waals surface area (Å²) in [6, 6.07) is 6.10. The van der Waals surface area contributed by atoms with E-state index in [1.54, 1.807) is 0 Å². The smallest absolute Gasteiger partial charge is 0.163 e. The monoisotopic (exact) mass is 546 g/mol. The predicted octanol–water partition coefficient (Wildman–Crippen LogP) is 9.93. The van der Waals surface area contributed by atoms with E-state index in [2.05, 4.69) is 76.3 Å². The van der Waals surface area contributed by atoms with Gasteiger partial charge in [0, 0.05) is 17.9 Å². The molecule has 0 saturated heterocycles. The van der Waals surface area contributed by atoms with E-state index in [0.717, 1.165) is 61.6 Å². The molecule has 0 aliphatic heterocycles. The molecule has 0 aromatic heterocycles. The van der Waals surface area contributed by atoms with Crippen molar-refractivity contribution in [2.75, 3.05) is 0 Å². The van der Waals surface area contributed by atoms with Crippen molar-refractivity contribution in [1.82, 2.24) is 0 Å². The van der Waals surface area contributed by atoms with Gasteiger partial charge in [-0.1, -0.05) is 113 Å². The van der Waals surface area contributed by atoms with Gasteiger partial charge in [-0.3, -0.25) is 14.4 Å². The van der Waals surface area contributed by atoms with Crippen LogP contribution in [0.25, 0.3) is 0 Å². The zero-order valence-corrected chi connectivity index (χ0v) is 26.3. The first kappa shape index (κ1) is 35.2. The molecule has 1 aromatic carbocycles. The lowest BCUT2D eigenvalue weighted by Gasteiger charge is -2.31. The van der Waals surface area contributed by atoms with E-state index >= 15 is 0 Å². The van der Waals surface area contributed by atoms with Crippen LogP contribution < -0.4 is 0 Å². The van der Waals surface area contributed by atoms with Crippen molar-refractivity contribution in [3.63, 3.8) is 0 Å². The highest BCUT2D eigenvalue weighted by Crippen LogP contribution is 2.36. The molecule has 0 bridgehead atoms. The molecule has 3 rings (SSSR count). The molecule has 0 fully saturated rings. The van der Waals surface area contributed by atoms with Crippen molar-refractivity contribution < 1.29 is 14.4 Å². The first-order valence-electron chi connectivity index (χ1n) is 15.5. The van der Waals surface area contributed by atoms with E-state index in [1.165, 1.54) is 18.9 Å². The van der Waals surface area contributed by atoms with Crippen molar-refractivity contribution in [3.8, 4) is 0 Å². The second-order valence-corrected chi connectivity index (χ2v) is 11.3. The first-order chi connectivity index (χ1) is 19.2. The molecule has 0 amide bonds. The molecule has 220 valence electrons. The number of ketones is 3. The zero-order chi connectivity index (χ0) is 29.9. The maximum absolute atomic E-state index is 12.7. The average Bonchev–Trinajstić information content (AvgIpc) is 2.89. The summed E-state index contributed by atoms with van der Waals surface area (Å²) in [5, 5.41) is 0. The summed E-state index contributed by atoms with van der Waals surface area (Å²) >= 11 is 0. The Labute approximate surface area is 244 Å². The molecule has 0 N–H and O–H groups in total. The molecular formula is C37H54O3. The quantitative estimate of drug-likeness (QED) is 0.290. The molecule has 3 atom stereocenters. The molecule has 0 radical (unpaired) electrons. The second-order valence-electron chi connectivity index (χ2n) is 11.3. The summed E-state index contributed by atoms with van der Waals surface area (Å²) in [4.78, 5) is 36.6. The van der Waals surface area contributed by atoms with E-state index in [1.807, 2.05) is 26.0 Å². The van der Waals surface area contributed by atoms with Crippen LogP contribution in [-0.4, -0.2) is 17.3 Å². The summed E-state index contributed by atoms with van der Waals surface area (Å²) in [6.45, 7) is 14.1. The molecule has 2 aliphatic carbocycles. The number of Topliss-reactive ketones (excluding diaryl/α,β-unsaturated/α-hetero) is 3. The maximum Gasteiger partial charge on any atom is 0.163 e. The fraction of sp³-hybridized carbons (Fsp3) is 0.541. The Morgan fingerprint density at radius 2 is 1.62 bits per heavy atom. The maximum atomic E-state index is 12.7. The fourth-order valence-electron chi connectivity index (χ4n) is 5.66.